The van der Waals surface area contributed by atoms with Crippen LogP contribution in [0.4, 0.5) is 5.69 Å². The molecule has 1 aromatic carbocycles. The molecule has 0 aliphatic carbocycles. The van der Waals surface area contributed by atoms with Gasteiger partial charge in [-0.05, 0) is 30.0 Å². The highest BCUT2D eigenvalue weighted by molar-refractivity contribution is 7.99. The summed E-state index contributed by atoms with van der Waals surface area (Å²) in [6, 6.07) is 6.71. The average molecular weight is 304 g/mol. The van der Waals surface area contributed by atoms with E-state index in [-0.39, 0.29) is 0 Å². The molecular formula is C16H24N4S. The largest absolute Gasteiger partial charge is 0.374 e. The Balaban J connectivity index is 1.67. The Hall–Kier alpha value is -1.36. The summed E-state index contributed by atoms with van der Waals surface area (Å²) in [6.45, 7) is 3.89. The first-order chi connectivity index (χ1) is 10.2. The fraction of sp³-hybridized carbons (Fsp3) is 0.562. The number of aliphatic imine (C=N–C) groups is 1. The van der Waals surface area contributed by atoms with Crippen molar-refractivity contribution >= 4 is 23.4 Å². The minimum Gasteiger partial charge on any atom is -0.374 e. The van der Waals surface area contributed by atoms with Gasteiger partial charge in [-0.1, -0.05) is 12.1 Å². The van der Waals surface area contributed by atoms with E-state index in [2.05, 4.69) is 40.0 Å². The van der Waals surface area contributed by atoms with Crippen LogP contribution in [0.1, 0.15) is 17.5 Å². The van der Waals surface area contributed by atoms with E-state index in [1.54, 1.807) is 0 Å². The van der Waals surface area contributed by atoms with E-state index in [9.17, 15) is 0 Å². The lowest BCUT2D eigenvalue weighted by Gasteiger charge is -2.28. The van der Waals surface area contributed by atoms with E-state index in [1.807, 2.05) is 11.8 Å². The highest BCUT2D eigenvalue weighted by Gasteiger charge is 2.14. The molecule has 0 bridgehead atoms. The third-order valence-corrected chi connectivity index (χ3v) is 5.20. The van der Waals surface area contributed by atoms with Crippen molar-refractivity contribution in [2.75, 3.05) is 43.1 Å². The van der Waals surface area contributed by atoms with E-state index in [0.29, 0.717) is 12.5 Å². The summed E-state index contributed by atoms with van der Waals surface area (Å²) in [5, 5.41) is 0. The molecule has 1 fully saturated rings. The van der Waals surface area contributed by atoms with Crippen LogP contribution in [0.2, 0.25) is 0 Å². The van der Waals surface area contributed by atoms with E-state index in [4.69, 9.17) is 5.73 Å². The van der Waals surface area contributed by atoms with Gasteiger partial charge in [-0.2, -0.15) is 11.8 Å². The molecule has 5 heteroatoms. The van der Waals surface area contributed by atoms with Gasteiger partial charge in [-0.25, -0.2) is 4.99 Å². The quantitative estimate of drug-likeness (QED) is 0.670. The number of aryl methyl sites for hydroxylation is 1. The standard InChI is InChI=1S/C16H24N4S/c1-19-6-2-3-14-11-13(4-5-15(14)19)12-18-16(17)20-7-9-21-10-8-20/h4-5,11H,2-3,6-10,12H2,1H3,(H2,17,18). The Morgan fingerprint density at radius 1 is 1.29 bits per heavy atom. The summed E-state index contributed by atoms with van der Waals surface area (Å²) in [5.74, 6) is 3.01. The van der Waals surface area contributed by atoms with Crippen molar-refractivity contribution in [2.24, 2.45) is 10.7 Å². The topological polar surface area (TPSA) is 44.9 Å². The van der Waals surface area contributed by atoms with Crippen LogP contribution in [0, 0.1) is 0 Å². The second-order valence-corrected chi connectivity index (χ2v) is 6.99. The van der Waals surface area contributed by atoms with Crippen molar-refractivity contribution in [2.45, 2.75) is 19.4 Å². The Bertz CT molecular complexity index is 523. The lowest BCUT2D eigenvalue weighted by atomic mass is 10.00. The molecule has 1 aromatic rings. The molecule has 0 atom stereocenters. The molecule has 0 spiro atoms. The van der Waals surface area contributed by atoms with Crippen LogP contribution in [0.25, 0.3) is 0 Å². The van der Waals surface area contributed by atoms with E-state index in [0.717, 1.165) is 31.1 Å². The summed E-state index contributed by atoms with van der Waals surface area (Å²) in [4.78, 5) is 9.12. The molecule has 2 aliphatic rings. The van der Waals surface area contributed by atoms with Gasteiger partial charge in [0.25, 0.3) is 0 Å². The molecule has 0 amide bonds. The number of hydrogen-bond donors (Lipinski definition) is 1. The van der Waals surface area contributed by atoms with Gasteiger partial charge in [0.15, 0.2) is 5.96 Å². The fourth-order valence-electron chi connectivity index (χ4n) is 3.00. The first-order valence-electron chi connectivity index (χ1n) is 7.69. The summed E-state index contributed by atoms with van der Waals surface area (Å²) in [5.41, 5.74) is 10.2. The van der Waals surface area contributed by atoms with Crippen molar-refractivity contribution in [1.82, 2.24) is 4.90 Å². The van der Waals surface area contributed by atoms with Crippen molar-refractivity contribution in [1.29, 1.82) is 0 Å². The van der Waals surface area contributed by atoms with Crippen LogP contribution >= 0.6 is 11.8 Å². The van der Waals surface area contributed by atoms with Crippen LogP contribution in [0.15, 0.2) is 23.2 Å². The predicted octanol–water partition coefficient (Wildman–Crippen LogP) is 1.93. The molecule has 114 valence electrons. The van der Waals surface area contributed by atoms with E-state index in [1.165, 1.54) is 29.7 Å². The molecular weight excluding hydrogens is 280 g/mol. The number of rotatable bonds is 2. The van der Waals surface area contributed by atoms with Gasteiger partial charge in [0.2, 0.25) is 0 Å². The predicted molar refractivity (Wildman–Crippen MR) is 92.3 cm³/mol. The number of anilines is 1. The Morgan fingerprint density at radius 2 is 2.10 bits per heavy atom. The third kappa shape index (κ3) is 3.46. The molecule has 21 heavy (non-hydrogen) atoms. The van der Waals surface area contributed by atoms with E-state index < -0.39 is 0 Å². The SMILES string of the molecule is CN1CCCc2cc(CN=C(N)N3CCSCC3)ccc21. The van der Waals surface area contributed by atoms with Crippen molar-refractivity contribution in [3.8, 4) is 0 Å². The summed E-state index contributed by atoms with van der Waals surface area (Å²) in [7, 11) is 2.17. The maximum Gasteiger partial charge on any atom is 0.191 e. The van der Waals surface area contributed by atoms with Gasteiger partial charge in [0.1, 0.15) is 0 Å². The normalized spacial score (nSPS) is 19.6. The number of benzene rings is 1. The fourth-order valence-corrected chi connectivity index (χ4v) is 3.90. The second kappa shape index (κ2) is 6.60. The van der Waals surface area contributed by atoms with Crippen LogP contribution in [-0.4, -0.2) is 49.0 Å². The molecule has 0 radical (unpaired) electrons. The smallest absolute Gasteiger partial charge is 0.191 e. The zero-order valence-corrected chi connectivity index (χ0v) is 13.5. The van der Waals surface area contributed by atoms with Gasteiger partial charge in [0, 0.05) is 43.9 Å². The Morgan fingerprint density at radius 3 is 2.90 bits per heavy atom. The summed E-state index contributed by atoms with van der Waals surface area (Å²) >= 11 is 1.99. The Labute approximate surface area is 131 Å². The molecule has 2 N–H and O–H groups in total. The molecule has 1 saturated heterocycles. The van der Waals surface area contributed by atoms with E-state index >= 15 is 0 Å². The van der Waals surface area contributed by atoms with Crippen LogP contribution in [0.5, 0.6) is 0 Å². The van der Waals surface area contributed by atoms with Gasteiger partial charge in [0.05, 0.1) is 6.54 Å². The summed E-state index contributed by atoms with van der Waals surface area (Å²) in [6.07, 6.45) is 2.42. The molecule has 0 aromatic heterocycles. The molecule has 0 saturated carbocycles. The number of fused-ring (bicyclic) bond motifs is 1. The number of nitrogens with zero attached hydrogens (tertiary/aromatic N) is 3. The summed E-state index contributed by atoms with van der Waals surface area (Å²) < 4.78 is 0. The second-order valence-electron chi connectivity index (χ2n) is 5.76. The highest BCUT2D eigenvalue weighted by Crippen LogP contribution is 2.27. The number of nitrogens with two attached hydrogens (primary N) is 1. The molecule has 3 rings (SSSR count). The van der Waals surface area contributed by atoms with Gasteiger partial charge >= 0.3 is 0 Å². The molecule has 4 nitrogen and oxygen atoms in total. The van der Waals surface area contributed by atoms with Gasteiger partial charge < -0.3 is 15.5 Å². The van der Waals surface area contributed by atoms with Crippen molar-refractivity contribution in [3.05, 3.63) is 29.3 Å². The van der Waals surface area contributed by atoms with Gasteiger partial charge in [-0.15, -0.1) is 0 Å². The maximum absolute atomic E-state index is 6.11. The molecule has 2 aliphatic heterocycles. The number of guanidine groups is 1. The highest BCUT2D eigenvalue weighted by atomic mass is 32.2. The lowest BCUT2D eigenvalue weighted by molar-refractivity contribution is 0.455. The van der Waals surface area contributed by atoms with Crippen molar-refractivity contribution < 1.29 is 0 Å². The minimum absolute atomic E-state index is 0.687. The number of hydrogen-bond acceptors (Lipinski definition) is 3. The Kier molecular flexibility index (Phi) is 4.58. The minimum atomic E-state index is 0.687. The molecule has 2 heterocycles. The third-order valence-electron chi connectivity index (χ3n) is 4.25. The monoisotopic (exact) mass is 304 g/mol. The first kappa shape index (κ1) is 14.6. The maximum atomic E-state index is 6.11. The first-order valence-corrected chi connectivity index (χ1v) is 8.85. The number of thioether (sulfide) groups is 1. The zero-order chi connectivity index (χ0) is 14.7. The van der Waals surface area contributed by atoms with Crippen LogP contribution in [0.3, 0.4) is 0 Å². The van der Waals surface area contributed by atoms with Crippen LogP contribution in [-0.2, 0) is 13.0 Å². The average Bonchev–Trinajstić information content (AvgIpc) is 2.53. The van der Waals surface area contributed by atoms with Crippen LogP contribution < -0.4 is 10.6 Å². The van der Waals surface area contributed by atoms with Gasteiger partial charge in [-0.3, -0.25) is 0 Å². The molecule has 0 unspecified atom stereocenters. The zero-order valence-electron chi connectivity index (χ0n) is 12.7. The van der Waals surface area contributed by atoms with Crippen molar-refractivity contribution in [3.63, 3.8) is 0 Å². The lowest BCUT2D eigenvalue weighted by Crippen LogP contribution is -2.42.